The number of hydrogen-bond acceptors (Lipinski definition) is 4. The summed E-state index contributed by atoms with van der Waals surface area (Å²) in [5.41, 5.74) is 1.89. The summed E-state index contributed by atoms with van der Waals surface area (Å²) in [5, 5.41) is 8.75. The van der Waals surface area contributed by atoms with Gasteiger partial charge in [0.15, 0.2) is 0 Å². The molecular formula is C16H15BrN2O3S. The van der Waals surface area contributed by atoms with Crippen LogP contribution in [-0.2, 0) is 10.0 Å². The second-order valence-corrected chi connectivity index (χ2v) is 8.41. The minimum Gasteiger partial charge on any atom is -0.466 e. The fourth-order valence-electron chi connectivity index (χ4n) is 3.52. The molecule has 0 spiro atoms. The van der Waals surface area contributed by atoms with Crippen LogP contribution in [0.3, 0.4) is 0 Å². The van der Waals surface area contributed by atoms with E-state index in [4.69, 9.17) is 9.56 Å². The third-order valence-corrected chi connectivity index (χ3v) is 5.88. The van der Waals surface area contributed by atoms with E-state index in [9.17, 15) is 8.42 Å². The number of halogens is 1. The molecule has 0 amide bonds. The van der Waals surface area contributed by atoms with E-state index in [-0.39, 0.29) is 22.8 Å². The second kappa shape index (κ2) is 5.22. The molecule has 120 valence electrons. The van der Waals surface area contributed by atoms with Crippen LogP contribution in [0.4, 0.5) is 5.69 Å². The van der Waals surface area contributed by atoms with Gasteiger partial charge in [-0.2, -0.15) is 0 Å². The van der Waals surface area contributed by atoms with E-state index in [2.05, 4.69) is 33.4 Å². The topological polar surface area (TPSA) is 85.3 Å². The minimum atomic E-state index is -3.70. The molecule has 1 aromatic heterocycles. The predicted molar refractivity (Wildman–Crippen MR) is 90.6 cm³/mol. The van der Waals surface area contributed by atoms with Crippen LogP contribution in [-0.4, -0.2) is 8.42 Å². The Morgan fingerprint density at radius 1 is 1.30 bits per heavy atom. The van der Waals surface area contributed by atoms with Crippen molar-refractivity contribution in [2.75, 3.05) is 5.32 Å². The molecule has 4 rings (SSSR count). The van der Waals surface area contributed by atoms with Gasteiger partial charge in [0.1, 0.15) is 12.0 Å². The summed E-state index contributed by atoms with van der Waals surface area (Å²) >= 11 is 3.42. The summed E-state index contributed by atoms with van der Waals surface area (Å²) in [7, 11) is -3.70. The average molecular weight is 395 g/mol. The zero-order valence-electron chi connectivity index (χ0n) is 12.1. The number of furan rings is 1. The fraction of sp³-hybridized carbons (Fsp3) is 0.250. The van der Waals surface area contributed by atoms with Crippen LogP contribution in [0, 0.1) is 5.92 Å². The zero-order chi connectivity index (χ0) is 16.2. The number of allylic oxidation sites excluding steroid dienone is 2. The van der Waals surface area contributed by atoms with Crippen molar-refractivity contribution < 1.29 is 12.8 Å². The maximum Gasteiger partial charge on any atom is 0.238 e. The molecule has 3 N–H and O–H groups in total. The molecular weight excluding hydrogens is 380 g/mol. The monoisotopic (exact) mass is 394 g/mol. The van der Waals surface area contributed by atoms with Crippen molar-refractivity contribution in [1.29, 1.82) is 0 Å². The summed E-state index contributed by atoms with van der Waals surface area (Å²) in [5.74, 6) is 1.31. The smallest absolute Gasteiger partial charge is 0.238 e. The van der Waals surface area contributed by atoms with Crippen molar-refractivity contribution in [3.8, 4) is 0 Å². The van der Waals surface area contributed by atoms with E-state index >= 15 is 0 Å². The largest absolute Gasteiger partial charge is 0.466 e. The summed E-state index contributed by atoms with van der Waals surface area (Å²) in [6.07, 6.45) is 6.87. The van der Waals surface area contributed by atoms with E-state index in [0.29, 0.717) is 0 Å². The summed E-state index contributed by atoms with van der Waals surface area (Å²) in [6, 6.07) is 7.02. The SMILES string of the molecule is NS(=O)(=O)c1ccc2c(c1)C1C=CCC1C(c1cc(Br)co1)N2. The predicted octanol–water partition coefficient (Wildman–Crippen LogP) is 3.52. The van der Waals surface area contributed by atoms with Gasteiger partial charge in [-0.25, -0.2) is 13.6 Å². The third-order valence-electron chi connectivity index (χ3n) is 4.56. The Labute approximate surface area is 142 Å². The second-order valence-electron chi connectivity index (χ2n) is 5.94. The zero-order valence-corrected chi connectivity index (χ0v) is 14.5. The molecule has 23 heavy (non-hydrogen) atoms. The van der Waals surface area contributed by atoms with Crippen molar-refractivity contribution in [1.82, 2.24) is 0 Å². The normalized spacial score (nSPS) is 25.7. The van der Waals surface area contributed by atoms with Gasteiger partial charge < -0.3 is 9.73 Å². The van der Waals surface area contributed by atoms with E-state index in [1.807, 2.05) is 6.07 Å². The van der Waals surface area contributed by atoms with Crippen LogP contribution in [0.2, 0.25) is 0 Å². The highest BCUT2D eigenvalue weighted by Crippen LogP contribution is 2.50. The van der Waals surface area contributed by atoms with Crippen molar-refractivity contribution in [3.05, 3.63) is 58.5 Å². The van der Waals surface area contributed by atoms with Crippen molar-refractivity contribution in [2.45, 2.75) is 23.3 Å². The molecule has 2 aromatic rings. The summed E-state index contributed by atoms with van der Waals surface area (Å²) < 4.78 is 29.8. The van der Waals surface area contributed by atoms with Crippen LogP contribution in [0.15, 0.2) is 56.5 Å². The summed E-state index contributed by atoms with van der Waals surface area (Å²) in [6.45, 7) is 0. The molecule has 5 nitrogen and oxygen atoms in total. The lowest BCUT2D eigenvalue weighted by Crippen LogP contribution is -2.29. The number of anilines is 1. The lowest BCUT2D eigenvalue weighted by molar-refractivity contribution is 0.363. The van der Waals surface area contributed by atoms with Crippen LogP contribution in [0.1, 0.15) is 29.7 Å². The lowest BCUT2D eigenvalue weighted by Gasteiger charge is -2.36. The van der Waals surface area contributed by atoms with Crippen LogP contribution in [0.5, 0.6) is 0 Å². The van der Waals surface area contributed by atoms with Crippen molar-refractivity contribution in [2.24, 2.45) is 11.1 Å². The number of primary sulfonamides is 1. The van der Waals surface area contributed by atoms with Crippen LogP contribution < -0.4 is 10.5 Å². The van der Waals surface area contributed by atoms with Gasteiger partial charge in [-0.15, -0.1) is 0 Å². The fourth-order valence-corrected chi connectivity index (χ4v) is 4.39. The number of nitrogens with one attached hydrogen (secondary N) is 1. The first-order valence-electron chi connectivity index (χ1n) is 7.27. The number of fused-ring (bicyclic) bond motifs is 3. The first-order valence-corrected chi connectivity index (χ1v) is 9.61. The van der Waals surface area contributed by atoms with Crippen LogP contribution >= 0.6 is 15.9 Å². The minimum absolute atomic E-state index is 0.0501. The van der Waals surface area contributed by atoms with Crippen molar-refractivity contribution in [3.63, 3.8) is 0 Å². The average Bonchev–Trinajstić information content (AvgIpc) is 3.13. The van der Waals surface area contributed by atoms with Gasteiger partial charge in [-0.05, 0) is 52.2 Å². The quantitative estimate of drug-likeness (QED) is 0.762. The molecule has 0 fully saturated rings. The Hall–Kier alpha value is -1.57. The van der Waals surface area contributed by atoms with Gasteiger partial charge in [0.05, 0.1) is 15.4 Å². The Kier molecular flexibility index (Phi) is 3.40. The highest BCUT2D eigenvalue weighted by Gasteiger charge is 2.39. The van der Waals surface area contributed by atoms with E-state index < -0.39 is 10.0 Å². The molecule has 7 heteroatoms. The Balaban J connectivity index is 1.80. The molecule has 3 atom stereocenters. The molecule has 0 saturated heterocycles. The van der Waals surface area contributed by atoms with E-state index in [0.717, 1.165) is 27.9 Å². The van der Waals surface area contributed by atoms with Crippen molar-refractivity contribution >= 4 is 31.6 Å². The molecule has 0 saturated carbocycles. The summed E-state index contributed by atoms with van der Waals surface area (Å²) in [4.78, 5) is 0.149. The van der Waals surface area contributed by atoms with Crippen LogP contribution in [0.25, 0.3) is 0 Å². The highest BCUT2D eigenvalue weighted by molar-refractivity contribution is 9.10. The molecule has 0 bridgehead atoms. The number of sulfonamides is 1. The van der Waals surface area contributed by atoms with E-state index in [1.165, 1.54) is 6.07 Å². The van der Waals surface area contributed by atoms with Gasteiger partial charge in [0, 0.05) is 17.5 Å². The first-order chi connectivity index (χ1) is 10.9. The van der Waals surface area contributed by atoms with Gasteiger partial charge in [-0.1, -0.05) is 12.2 Å². The number of hydrogen-bond donors (Lipinski definition) is 2. The first kappa shape index (κ1) is 15.0. The Morgan fingerprint density at radius 3 is 2.83 bits per heavy atom. The molecule has 2 aliphatic rings. The Bertz CT molecular complexity index is 904. The third kappa shape index (κ3) is 2.52. The molecule has 1 aliphatic carbocycles. The lowest BCUT2D eigenvalue weighted by atomic mass is 9.78. The molecule has 1 aliphatic heterocycles. The molecule has 1 aromatic carbocycles. The van der Waals surface area contributed by atoms with Gasteiger partial charge in [0.2, 0.25) is 10.0 Å². The number of nitrogens with two attached hydrogens (primary N) is 1. The maximum absolute atomic E-state index is 11.6. The van der Waals surface area contributed by atoms with Gasteiger partial charge >= 0.3 is 0 Å². The molecule has 2 heterocycles. The highest BCUT2D eigenvalue weighted by atomic mass is 79.9. The molecule has 0 radical (unpaired) electrons. The number of rotatable bonds is 2. The standard InChI is InChI=1S/C16H15BrN2O3S/c17-9-6-15(22-8-9)16-12-3-1-2-11(12)13-7-10(23(18,20)21)4-5-14(13)19-16/h1-2,4-8,11-12,16,19H,3H2,(H2,18,20,21). The molecule has 3 unspecified atom stereocenters. The maximum atomic E-state index is 11.6. The van der Waals surface area contributed by atoms with Gasteiger partial charge in [-0.3, -0.25) is 0 Å². The van der Waals surface area contributed by atoms with Gasteiger partial charge in [0.25, 0.3) is 0 Å². The van der Waals surface area contributed by atoms with E-state index in [1.54, 1.807) is 18.4 Å². The Morgan fingerprint density at radius 2 is 2.13 bits per heavy atom. The number of benzene rings is 1.